The van der Waals surface area contributed by atoms with Gasteiger partial charge in [0, 0.05) is 13.1 Å². The lowest BCUT2D eigenvalue weighted by Crippen LogP contribution is -2.16. The number of rotatable bonds is 6. The summed E-state index contributed by atoms with van der Waals surface area (Å²) in [5.74, 6) is 1.02. The highest BCUT2D eigenvalue weighted by Crippen LogP contribution is 2.21. The Labute approximate surface area is 101 Å². The van der Waals surface area contributed by atoms with Crippen LogP contribution in [0.5, 0.6) is 0 Å². The van der Waals surface area contributed by atoms with Gasteiger partial charge in [0.05, 0.1) is 17.1 Å². The molecule has 1 unspecified atom stereocenters. The number of nitrogens with zero attached hydrogens (tertiary/aromatic N) is 2. The first-order chi connectivity index (χ1) is 8.06. The fourth-order valence-electron chi connectivity index (χ4n) is 1.58. The Balaban J connectivity index is 2.90. The third-order valence-electron chi connectivity index (χ3n) is 2.39. The minimum atomic E-state index is -0.418. The van der Waals surface area contributed by atoms with Crippen molar-refractivity contribution in [3.05, 3.63) is 22.2 Å². The molecule has 1 atom stereocenters. The standard InChI is InChI=1S/C11H18N4O2/c1-4-5-8(2)13-11-7-9(15(16)17)6-10(12-3)14-11/h6-8H,4-5H2,1-3H3,(H2,12,13,14). The van der Waals surface area contributed by atoms with Gasteiger partial charge in [-0.05, 0) is 13.3 Å². The molecule has 17 heavy (non-hydrogen) atoms. The highest BCUT2D eigenvalue weighted by molar-refractivity contribution is 5.54. The molecule has 0 fully saturated rings. The van der Waals surface area contributed by atoms with Crippen LogP contribution >= 0.6 is 0 Å². The lowest BCUT2D eigenvalue weighted by Gasteiger charge is -2.13. The summed E-state index contributed by atoms with van der Waals surface area (Å²) in [7, 11) is 1.69. The van der Waals surface area contributed by atoms with Crippen molar-refractivity contribution >= 4 is 17.3 Å². The predicted octanol–water partition coefficient (Wildman–Crippen LogP) is 2.63. The average molecular weight is 238 g/mol. The summed E-state index contributed by atoms with van der Waals surface area (Å²) in [5.41, 5.74) is 0.0375. The Kier molecular flexibility index (Phi) is 4.68. The molecule has 1 aromatic heterocycles. The molecule has 0 saturated heterocycles. The maximum atomic E-state index is 10.8. The second-order valence-corrected chi connectivity index (χ2v) is 3.94. The first-order valence-electron chi connectivity index (χ1n) is 5.67. The Bertz CT molecular complexity index is 395. The van der Waals surface area contributed by atoms with E-state index in [2.05, 4.69) is 22.5 Å². The van der Waals surface area contributed by atoms with Crippen LogP contribution < -0.4 is 10.6 Å². The zero-order valence-corrected chi connectivity index (χ0v) is 10.4. The molecule has 1 heterocycles. The molecule has 0 aliphatic rings. The van der Waals surface area contributed by atoms with Crippen molar-refractivity contribution in [3.63, 3.8) is 0 Å². The fourth-order valence-corrected chi connectivity index (χ4v) is 1.58. The number of hydrogen-bond acceptors (Lipinski definition) is 5. The Morgan fingerprint density at radius 3 is 2.65 bits per heavy atom. The molecule has 2 N–H and O–H groups in total. The molecule has 0 radical (unpaired) electrons. The zero-order valence-electron chi connectivity index (χ0n) is 10.4. The second kappa shape index (κ2) is 6.03. The molecule has 0 bridgehead atoms. The fraction of sp³-hybridized carbons (Fsp3) is 0.545. The Hall–Kier alpha value is -1.85. The van der Waals surface area contributed by atoms with Crippen LogP contribution in [0.2, 0.25) is 0 Å². The van der Waals surface area contributed by atoms with Gasteiger partial charge in [0.15, 0.2) is 0 Å². The van der Waals surface area contributed by atoms with Crippen molar-refractivity contribution in [2.75, 3.05) is 17.7 Å². The van der Waals surface area contributed by atoms with Crippen LogP contribution in [0.3, 0.4) is 0 Å². The van der Waals surface area contributed by atoms with Crippen molar-refractivity contribution in [3.8, 4) is 0 Å². The normalized spacial score (nSPS) is 11.9. The van der Waals surface area contributed by atoms with Gasteiger partial charge in [-0.2, -0.15) is 0 Å². The van der Waals surface area contributed by atoms with E-state index in [9.17, 15) is 10.1 Å². The van der Waals surface area contributed by atoms with Crippen molar-refractivity contribution in [2.45, 2.75) is 32.7 Å². The van der Waals surface area contributed by atoms with Crippen molar-refractivity contribution in [1.82, 2.24) is 4.98 Å². The largest absolute Gasteiger partial charge is 0.373 e. The van der Waals surface area contributed by atoms with Gasteiger partial charge >= 0.3 is 0 Å². The first kappa shape index (κ1) is 13.2. The molecule has 6 nitrogen and oxygen atoms in total. The zero-order chi connectivity index (χ0) is 12.8. The van der Waals surface area contributed by atoms with Gasteiger partial charge in [-0.3, -0.25) is 10.1 Å². The van der Waals surface area contributed by atoms with E-state index < -0.39 is 4.92 Å². The third-order valence-corrected chi connectivity index (χ3v) is 2.39. The Morgan fingerprint density at radius 1 is 1.47 bits per heavy atom. The van der Waals surface area contributed by atoms with Crippen LogP contribution in [-0.2, 0) is 0 Å². The van der Waals surface area contributed by atoms with Crippen molar-refractivity contribution < 1.29 is 4.92 Å². The predicted molar refractivity (Wildman–Crippen MR) is 68.4 cm³/mol. The van der Waals surface area contributed by atoms with Gasteiger partial charge in [-0.1, -0.05) is 13.3 Å². The molecule has 0 aliphatic carbocycles. The van der Waals surface area contributed by atoms with Gasteiger partial charge in [0.2, 0.25) is 0 Å². The number of hydrogen-bond donors (Lipinski definition) is 2. The minimum Gasteiger partial charge on any atom is -0.373 e. The summed E-state index contributed by atoms with van der Waals surface area (Å²) in [6, 6.07) is 3.11. The highest BCUT2D eigenvalue weighted by Gasteiger charge is 2.11. The maximum absolute atomic E-state index is 10.8. The first-order valence-corrected chi connectivity index (χ1v) is 5.67. The average Bonchev–Trinajstić information content (AvgIpc) is 2.28. The third kappa shape index (κ3) is 3.90. The molecule has 1 rings (SSSR count). The SMILES string of the molecule is CCCC(C)Nc1cc([N+](=O)[O-])cc(NC)n1. The second-order valence-electron chi connectivity index (χ2n) is 3.94. The molecular formula is C11H18N4O2. The number of anilines is 2. The van der Waals surface area contributed by atoms with Crippen LogP contribution in [0.1, 0.15) is 26.7 Å². The number of nitro groups is 1. The number of pyridine rings is 1. The van der Waals surface area contributed by atoms with E-state index in [1.54, 1.807) is 7.05 Å². The molecular weight excluding hydrogens is 220 g/mol. The summed E-state index contributed by atoms with van der Waals surface area (Å²) in [5, 5.41) is 16.7. The van der Waals surface area contributed by atoms with Crippen LogP contribution in [0.4, 0.5) is 17.3 Å². The van der Waals surface area contributed by atoms with E-state index in [1.807, 2.05) is 6.92 Å². The summed E-state index contributed by atoms with van der Waals surface area (Å²) in [4.78, 5) is 14.6. The molecule has 0 amide bonds. The summed E-state index contributed by atoms with van der Waals surface area (Å²) < 4.78 is 0. The number of aromatic nitrogens is 1. The van der Waals surface area contributed by atoms with E-state index in [4.69, 9.17) is 0 Å². The van der Waals surface area contributed by atoms with E-state index in [0.29, 0.717) is 11.6 Å². The van der Waals surface area contributed by atoms with Crippen LogP contribution in [0, 0.1) is 10.1 Å². The molecule has 1 aromatic rings. The van der Waals surface area contributed by atoms with Gasteiger partial charge < -0.3 is 10.6 Å². The lowest BCUT2D eigenvalue weighted by molar-refractivity contribution is -0.384. The monoisotopic (exact) mass is 238 g/mol. The minimum absolute atomic E-state index is 0.0375. The molecule has 6 heteroatoms. The van der Waals surface area contributed by atoms with Gasteiger partial charge in [-0.15, -0.1) is 0 Å². The summed E-state index contributed by atoms with van der Waals surface area (Å²) in [6.45, 7) is 4.13. The topological polar surface area (TPSA) is 80.1 Å². The molecule has 0 aromatic carbocycles. The van der Waals surface area contributed by atoms with Crippen LogP contribution in [-0.4, -0.2) is 23.0 Å². The van der Waals surface area contributed by atoms with Gasteiger partial charge in [0.25, 0.3) is 5.69 Å². The van der Waals surface area contributed by atoms with Crippen LogP contribution in [0.15, 0.2) is 12.1 Å². The summed E-state index contributed by atoms with van der Waals surface area (Å²) >= 11 is 0. The quantitative estimate of drug-likeness (QED) is 0.588. The molecule has 94 valence electrons. The van der Waals surface area contributed by atoms with Crippen LogP contribution in [0.25, 0.3) is 0 Å². The smallest absolute Gasteiger partial charge is 0.276 e. The van der Waals surface area contributed by atoms with E-state index in [0.717, 1.165) is 12.8 Å². The van der Waals surface area contributed by atoms with E-state index in [-0.39, 0.29) is 11.7 Å². The van der Waals surface area contributed by atoms with Gasteiger partial charge in [-0.25, -0.2) is 4.98 Å². The lowest BCUT2D eigenvalue weighted by atomic mass is 10.2. The number of nitrogens with one attached hydrogen (secondary N) is 2. The highest BCUT2D eigenvalue weighted by atomic mass is 16.6. The molecule has 0 spiro atoms. The van der Waals surface area contributed by atoms with E-state index >= 15 is 0 Å². The maximum Gasteiger partial charge on any atom is 0.276 e. The summed E-state index contributed by atoms with van der Waals surface area (Å²) in [6.07, 6.45) is 2.06. The molecule has 0 saturated carbocycles. The van der Waals surface area contributed by atoms with Gasteiger partial charge in [0.1, 0.15) is 11.6 Å². The molecule has 0 aliphatic heterocycles. The van der Waals surface area contributed by atoms with Crippen molar-refractivity contribution in [1.29, 1.82) is 0 Å². The Morgan fingerprint density at radius 2 is 2.12 bits per heavy atom. The van der Waals surface area contributed by atoms with Crippen molar-refractivity contribution in [2.24, 2.45) is 0 Å². The van der Waals surface area contributed by atoms with E-state index in [1.165, 1.54) is 12.1 Å².